The van der Waals surface area contributed by atoms with E-state index < -0.39 is 0 Å². The first-order chi connectivity index (χ1) is 12.0. The highest BCUT2D eigenvalue weighted by atomic mass is 16.3. The fraction of sp³-hybridized carbons (Fsp3) is 0.263. The lowest BCUT2D eigenvalue weighted by Crippen LogP contribution is -2.30. The van der Waals surface area contributed by atoms with Crippen molar-refractivity contribution in [2.24, 2.45) is 0 Å². The Labute approximate surface area is 147 Å². The number of rotatable bonds is 6. The van der Waals surface area contributed by atoms with Crippen molar-refractivity contribution in [3.8, 4) is 5.69 Å². The minimum atomic E-state index is -0.0760. The molecule has 0 fully saturated rings. The zero-order valence-electron chi connectivity index (χ0n) is 14.7. The molecule has 3 rings (SSSR count). The summed E-state index contributed by atoms with van der Waals surface area (Å²) >= 11 is 0. The first kappa shape index (κ1) is 17.0. The number of likely N-dealkylation sites (N-methyl/N-ethyl adjacent to an activating group) is 1. The number of anilines is 1. The van der Waals surface area contributed by atoms with Crippen molar-refractivity contribution in [2.75, 3.05) is 18.9 Å². The van der Waals surface area contributed by atoms with Crippen LogP contribution in [0.25, 0.3) is 5.69 Å². The van der Waals surface area contributed by atoms with Crippen LogP contribution in [0.5, 0.6) is 0 Å². The first-order valence-electron chi connectivity index (χ1n) is 8.17. The molecule has 1 N–H and O–H groups in total. The van der Waals surface area contributed by atoms with E-state index in [9.17, 15) is 4.79 Å². The van der Waals surface area contributed by atoms with Gasteiger partial charge in [-0.1, -0.05) is 18.2 Å². The number of nitrogens with zero attached hydrogens (tertiary/aromatic N) is 3. The number of carbonyl (C=O) groups excluding carboxylic acids is 1. The molecule has 0 bridgehead atoms. The SMILES string of the molecule is Cc1nn(-c2ccccc2)c(C)c1NC(=O)CN(C)Cc1ccco1. The second kappa shape index (κ2) is 7.36. The molecule has 0 saturated carbocycles. The Bertz CT molecular complexity index is 838. The van der Waals surface area contributed by atoms with Crippen LogP contribution in [-0.2, 0) is 11.3 Å². The van der Waals surface area contributed by atoms with Gasteiger partial charge in [-0.2, -0.15) is 5.10 Å². The molecule has 0 atom stereocenters. The van der Waals surface area contributed by atoms with Gasteiger partial charge in [-0.3, -0.25) is 9.69 Å². The molecular formula is C19H22N4O2. The standard InChI is InChI=1S/C19H22N4O2/c1-14-19(15(2)23(21-14)16-8-5-4-6-9-16)20-18(24)13-22(3)12-17-10-7-11-25-17/h4-11H,12-13H2,1-3H3,(H,20,24). The van der Waals surface area contributed by atoms with Crippen LogP contribution < -0.4 is 5.32 Å². The van der Waals surface area contributed by atoms with Crippen LogP contribution in [0.2, 0.25) is 0 Å². The van der Waals surface area contributed by atoms with Gasteiger partial charge >= 0.3 is 0 Å². The van der Waals surface area contributed by atoms with Crippen LogP contribution in [0.3, 0.4) is 0 Å². The largest absolute Gasteiger partial charge is 0.468 e. The van der Waals surface area contributed by atoms with Crippen molar-refractivity contribution in [1.82, 2.24) is 14.7 Å². The number of carbonyl (C=O) groups is 1. The Balaban J connectivity index is 1.68. The lowest BCUT2D eigenvalue weighted by atomic mass is 10.3. The number of benzene rings is 1. The summed E-state index contributed by atoms with van der Waals surface area (Å²) in [7, 11) is 1.88. The van der Waals surface area contributed by atoms with Gasteiger partial charge < -0.3 is 9.73 Å². The highest BCUT2D eigenvalue weighted by Gasteiger charge is 2.16. The molecule has 1 aromatic carbocycles. The first-order valence-corrected chi connectivity index (χ1v) is 8.17. The van der Waals surface area contributed by atoms with E-state index in [4.69, 9.17) is 4.42 Å². The molecule has 0 aliphatic heterocycles. The molecule has 130 valence electrons. The third-order valence-electron chi connectivity index (χ3n) is 3.98. The maximum atomic E-state index is 12.4. The Hall–Kier alpha value is -2.86. The van der Waals surface area contributed by atoms with Crippen LogP contribution in [-0.4, -0.2) is 34.2 Å². The second-order valence-electron chi connectivity index (χ2n) is 6.09. The van der Waals surface area contributed by atoms with Crippen LogP contribution in [0.4, 0.5) is 5.69 Å². The predicted octanol–water partition coefficient (Wildman–Crippen LogP) is 3.15. The highest BCUT2D eigenvalue weighted by Crippen LogP contribution is 2.22. The van der Waals surface area contributed by atoms with Crippen LogP contribution >= 0.6 is 0 Å². The monoisotopic (exact) mass is 338 g/mol. The summed E-state index contributed by atoms with van der Waals surface area (Å²) in [6.45, 7) is 4.71. The van der Waals surface area contributed by atoms with E-state index in [0.717, 1.165) is 28.5 Å². The molecule has 0 aliphatic rings. The molecule has 0 unspecified atom stereocenters. The Morgan fingerprint density at radius 2 is 1.96 bits per heavy atom. The van der Waals surface area contributed by atoms with Gasteiger partial charge in [-0.25, -0.2) is 4.68 Å². The van der Waals surface area contributed by atoms with Crippen molar-refractivity contribution < 1.29 is 9.21 Å². The van der Waals surface area contributed by atoms with E-state index >= 15 is 0 Å². The molecule has 0 saturated heterocycles. The summed E-state index contributed by atoms with van der Waals surface area (Å²) in [5.41, 5.74) is 3.44. The molecular weight excluding hydrogens is 316 g/mol. The molecule has 0 radical (unpaired) electrons. The van der Waals surface area contributed by atoms with Crippen LogP contribution in [0.15, 0.2) is 53.1 Å². The van der Waals surface area contributed by atoms with Crippen LogP contribution in [0.1, 0.15) is 17.1 Å². The summed E-state index contributed by atoms with van der Waals surface area (Å²) < 4.78 is 7.15. The van der Waals surface area contributed by atoms with Crippen molar-refractivity contribution in [3.05, 3.63) is 65.9 Å². The third-order valence-corrected chi connectivity index (χ3v) is 3.98. The van der Waals surface area contributed by atoms with Crippen LogP contribution in [0, 0.1) is 13.8 Å². The van der Waals surface area contributed by atoms with E-state index in [0.29, 0.717) is 6.54 Å². The number of para-hydroxylation sites is 1. The lowest BCUT2D eigenvalue weighted by molar-refractivity contribution is -0.117. The Morgan fingerprint density at radius 3 is 2.64 bits per heavy atom. The summed E-state index contributed by atoms with van der Waals surface area (Å²) in [6, 6.07) is 13.6. The number of nitrogens with one attached hydrogen (secondary N) is 1. The van der Waals surface area contributed by atoms with E-state index in [1.54, 1.807) is 6.26 Å². The molecule has 0 spiro atoms. The number of aromatic nitrogens is 2. The van der Waals surface area contributed by atoms with Crippen molar-refractivity contribution in [3.63, 3.8) is 0 Å². The van der Waals surface area contributed by atoms with Gasteiger partial charge in [0.15, 0.2) is 0 Å². The van der Waals surface area contributed by atoms with Gasteiger partial charge in [0, 0.05) is 0 Å². The van der Waals surface area contributed by atoms with Gasteiger partial charge in [0.1, 0.15) is 5.76 Å². The van der Waals surface area contributed by atoms with Crippen molar-refractivity contribution >= 4 is 11.6 Å². The molecule has 3 aromatic rings. The van der Waals surface area contributed by atoms with Gasteiger partial charge in [0.25, 0.3) is 0 Å². The summed E-state index contributed by atoms with van der Waals surface area (Å²) in [6.07, 6.45) is 1.63. The summed E-state index contributed by atoms with van der Waals surface area (Å²) in [5.74, 6) is 0.757. The van der Waals surface area contributed by atoms with E-state index in [2.05, 4.69) is 10.4 Å². The van der Waals surface area contributed by atoms with Gasteiger partial charge in [-0.05, 0) is 45.2 Å². The smallest absolute Gasteiger partial charge is 0.238 e. The number of aryl methyl sites for hydroxylation is 1. The average Bonchev–Trinajstić information content (AvgIpc) is 3.19. The van der Waals surface area contributed by atoms with Gasteiger partial charge in [0.05, 0.1) is 42.1 Å². The predicted molar refractivity (Wildman–Crippen MR) is 96.7 cm³/mol. The zero-order valence-corrected chi connectivity index (χ0v) is 14.7. The molecule has 2 heterocycles. The number of furan rings is 1. The Kier molecular flexibility index (Phi) is 5.00. The minimum absolute atomic E-state index is 0.0760. The summed E-state index contributed by atoms with van der Waals surface area (Å²) in [4.78, 5) is 14.3. The number of amides is 1. The van der Waals surface area contributed by atoms with Crippen molar-refractivity contribution in [1.29, 1.82) is 0 Å². The number of hydrogen-bond acceptors (Lipinski definition) is 4. The third kappa shape index (κ3) is 3.97. The Morgan fingerprint density at radius 1 is 1.20 bits per heavy atom. The normalized spacial score (nSPS) is 11.0. The average molecular weight is 338 g/mol. The maximum Gasteiger partial charge on any atom is 0.238 e. The topological polar surface area (TPSA) is 63.3 Å². The number of hydrogen-bond donors (Lipinski definition) is 1. The molecule has 25 heavy (non-hydrogen) atoms. The second-order valence-corrected chi connectivity index (χ2v) is 6.09. The minimum Gasteiger partial charge on any atom is -0.468 e. The molecule has 1 amide bonds. The van der Waals surface area contributed by atoms with E-state index in [1.807, 2.05) is 72.9 Å². The summed E-state index contributed by atoms with van der Waals surface area (Å²) in [5, 5.41) is 7.53. The van der Waals surface area contributed by atoms with Gasteiger partial charge in [0.2, 0.25) is 5.91 Å². The fourth-order valence-corrected chi connectivity index (χ4v) is 2.79. The molecule has 6 nitrogen and oxygen atoms in total. The maximum absolute atomic E-state index is 12.4. The molecule has 2 aromatic heterocycles. The fourth-order valence-electron chi connectivity index (χ4n) is 2.79. The quantitative estimate of drug-likeness (QED) is 0.750. The molecule has 0 aliphatic carbocycles. The van der Waals surface area contributed by atoms with Crippen molar-refractivity contribution in [2.45, 2.75) is 20.4 Å². The molecule has 6 heteroatoms. The zero-order chi connectivity index (χ0) is 17.8. The lowest BCUT2D eigenvalue weighted by Gasteiger charge is -2.15. The van der Waals surface area contributed by atoms with E-state index in [1.165, 1.54) is 0 Å². The van der Waals surface area contributed by atoms with E-state index in [-0.39, 0.29) is 12.5 Å². The van der Waals surface area contributed by atoms with Gasteiger partial charge in [-0.15, -0.1) is 0 Å². The highest BCUT2D eigenvalue weighted by molar-refractivity contribution is 5.93.